The molecule has 6 heteroatoms. The summed E-state index contributed by atoms with van der Waals surface area (Å²) < 4.78 is 16.3. The summed E-state index contributed by atoms with van der Waals surface area (Å²) in [4.78, 5) is 16.6. The van der Waals surface area contributed by atoms with Crippen LogP contribution in [-0.2, 0) is 13.2 Å². The third-order valence-electron chi connectivity index (χ3n) is 4.12. The molecule has 0 unspecified atom stereocenters. The van der Waals surface area contributed by atoms with Crippen LogP contribution in [0.15, 0.2) is 66.9 Å². The standard InChI is InChI=1S/C21H18N2O4/c24-21(23-12-16-6-7-18-19(10-16)27-14-26-18)17-8-9-22-20(11-17)25-13-15-4-2-1-3-5-15/h1-11H,12-14H2,(H,23,24). The molecule has 136 valence electrons. The Kier molecular flexibility index (Phi) is 4.87. The summed E-state index contributed by atoms with van der Waals surface area (Å²) in [6.07, 6.45) is 1.57. The van der Waals surface area contributed by atoms with Crippen molar-refractivity contribution in [1.82, 2.24) is 10.3 Å². The topological polar surface area (TPSA) is 69.7 Å². The van der Waals surface area contributed by atoms with E-state index >= 15 is 0 Å². The van der Waals surface area contributed by atoms with E-state index in [1.165, 1.54) is 0 Å². The third kappa shape index (κ3) is 4.17. The Morgan fingerprint density at radius 1 is 1.00 bits per heavy atom. The maximum Gasteiger partial charge on any atom is 0.251 e. The number of hydrogen-bond acceptors (Lipinski definition) is 5. The number of pyridine rings is 1. The highest BCUT2D eigenvalue weighted by Gasteiger charge is 2.14. The molecular formula is C21H18N2O4. The van der Waals surface area contributed by atoms with Gasteiger partial charge in [0.05, 0.1) is 0 Å². The van der Waals surface area contributed by atoms with Gasteiger partial charge in [-0.25, -0.2) is 4.98 Å². The predicted molar refractivity (Wildman–Crippen MR) is 98.7 cm³/mol. The van der Waals surface area contributed by atoms with Crippen LogP contribution in [0.2, 0.25) is 0 Å². The van der Waals surface area contributed by atoms with Crippen molar-refractivity contribution in [2.24, 2.45) is 0 Å². The molecule has 1 aliphatic rings. The minimum absolute atomic E-state index is 0.195. The zero-order chi connectivity index (χ0) is 18.5. The molecule has 4 rings (SSSR count). The number of nitrogens with one attached hydrogen (secondary N) is 1. The first kappa shape index (κ1) is 16.9. The number of rotatable bonds is 6. The van der Waals surface area contributed by atoms with Gasteiger partial charge in [0, 0.05) is 24.4 Å². The maximum atomic E-state index is 12.4. The highest BCUT2D eigenvalue weighted by molar-refractivity contribution is 5.94. The molecule has 2 heterocycles. The molecule has 0 saturated carbocycles. The van der Waals surface area contributed by atoms with Gasteiger partial charge in [-0.05, 0) is 29.3 Å². The van der Waals surface area contributed by atoms with Crippen LogP contribution in [0.1, 0.15) is 21.5 Å². The van der Waals surface area contributed by atoms with Crippen molar-refractivity contribution < 1.29 is 19.0 Å². The van der Waals surface area contributed by atoms with Gasteiger partial charge >= 0.3 is 0 Å². The number of fused-ring (bicyclic) bond motifs is 1. The van der Waals surface area contributed by atoms with Crippen molar-refractivity contribution >= 4 is 5.91 Å². The average molecular weight is 362 g/mol. The molecule has 1 aromatic heterocycles. The Morgan fingerprint density at radius 2 is 1.85 bits per heavy atom. The van der Waals surface area contributed by atoms with Gasteiger partial charge in [-0.15, -0.1) is 0 Å². The van der Waals surface area contributed by atoms with Gasteiger partial charge in [0.2, 0.25) is 12.7 Å². The lowest BCUT2D eigenvalue weighted by Crippen LogP contribution is -2.22. The molecule has 0 saturated heterocycles. The molecule has 1 N–H and O–H groups in total. The second kappa shape index (κ2) is 7.78. The summed E-state index contributed by atoms with van der Waals surface area (Å²) in [5.74, 6) is 1.64. The molecule has 27 heavy (non-hydrogen) atoms. The minimum atomic E-state index is -0.195. The Morgan fingerprint density at radius 3 is 2.74 bits per heavy atom. The highest BCUT2D eigenvalue weighted by Crippen LogP contribution is 2.32. The number of hydrogen-bond donors (Lipinski definition) is 1. The summed E-state index contributed by atoms with van der Waals surface area (Å²) in [6, 6.07) is 18.7. The minimum Gasteiger partial charge on any atom is -0.473 e. The third-order valence-corrected chi connectivity index (χ3v) is 4.12. The molecule has 6 nitrogen and oxygen atoms in total. The van der Waals surface area contributed by atoms with Gasteiger partial charge in [-0.2, -0.15) is 0 Å². The molecule has 0 bridgehead atoms. The fourth-order valence-corrected chi connectivity index (χ4v) is 2.70. The summed E-state index contributed by atoms with van der Waals surface area (Å²) in [5, 5.41) is 2.89. The fraction of sp³-hybridized carbons (Fsp3) is 0.143. The summed E-state index contributed by atoms with van der Waals surface area (Å²) in [5.41, 5.74) is 2.47. The van der Waals surface area contributed by atoms with Gasteiger partial charge in [-0.3, -0.25) is 4.79 Å². The Balaban J connectivity index is 1.36. The van der Waals surface area contributed by atoms with Crippen molar-refractivity contribution in [3.05, 3.63) is 83.6 Å². The van der Waals surface area contributed by atoms with Crippen LogP contribution >= 0.6 is 0 Å². The van der Waals surface area contributed by atoms with E-state index in [2.05, 4.69) is 10.3 Å². The number of nitrogens with zero attached hydrogens (tertiary/aromatic N) is 1. The van der Waals surface area contributed by atoms with Crippen molar-refractivity contribution in [2.45, 2.75) is 13.2 Å². The SMILES string of the molecule is O=C(NCc1ccc2c(c1)OCO2)c1ccnc(OCc2ccccc2)c1. The summed E-state index contributed by atoms with van der Waals surface area (Å²) in [6.45, 7) is 1.02. The average Bonchev–Trinajstić information content (AvgIpc) is 3.19. The first-order valence-electron chi connectivity index (χ1n) is 8.57. The molecule has 0 atom stereocenters. The molecular weight excluding hydrogens is 344 g/mol. The van der Waals surface area contributed by atoms with Crippen molar-refractivity contribution in [3.63, 3.8) is 0 Å². The normalized spacial score (nSPS) is 11.9. The number of ether oxygens (including phenoxy) is 3. The van der Waals surface area contributed by atoms with Crippen LogP contribution in [0.4, 0.5) is 0 Å². The van der Waals surface area contributed by atoms with Crippen LogP contribution in [-0.4, -0.2) is 17.7 Å². The summed E-state index contributed by atoms with van der Waals surface area (Å²) in [7, 11) is 0. The smallest absolute Gasteiger partial charge is 0.251 e. The predicted octanol–water partition coefficient (Wildman–Crippen LogP) is 3.32. The maximum absolute atomic E-state index is 12.4. The Bertz CT molecular complexity index is 944. The molecule has 1 amide bonds. The number of amides is 1. The lowest BCUT2D eigenvalue weighted by molar-refractivity contribution is 0.0950. The number of benzene rings is 2. The second-order valence-electron chi connectivity index (χ2n) is 6.03. The summed E-state index contributed by atoms with van der Waals surface area (Å²) >= 11 is 0. The molecule has 2 aromatic carbocycles. The lowest BCUT2D eigenvalue weighted by atomic mass is 10.2. The van der Waals surface area contributed by atoms with E-state index in [1.54, 1.807) is 18.3 Å². The van der Waals surface area contributed by atoms with Crippen LogP contribution in [0, 0.1) is 0 Å². The second-order valence-corrected chi connectivity index (χ2v) is 6.03. The fourth-order valence-electron chi connectivity index (χ4n) is 2.70. The van der Waals surface area contributed by atoms with Crippen LogP contribution < -0.4 is 19.5 Å². The molecule has 0 spiro atoms. The quantitative estimate of drug-likeness (QED) is 0.728. The van der Waals surface area contributed by atoms with E-state index in [4.69, 9.17) is 14.2 Å². The van der Waals surface area contributed by atoms with Gasteiger partial charge in [-0.1, -0.05) is 36.4 Å². The van der Waals surface area contributed by atoms with Gasteiger partial charge in [0.15, 0.2) is 11.5 Å². The van der Waals surface area contributed by atoms with Gasteiger partial charge < -0.3 is 19.5 Å². The molecule has 0 aliphatic carbocycles. The first-order valence-corrected chi connectivity index (χ1v) is 8.57. The van der Waals surface area contributed by atoms with Gasteiger partial charge in [0.25, 0.3) is 5.91 Å². The van der Waals surface area contributed by atoms with Crippen LogP contribution in [0.3, 0.4) is 0 Å². The van der Waals surface area contributed by atoms with Gasteiger partial charge in [0.1, 0.15) is 6.61 Å². The van der Waals surface area contributed by atoms with E-state index < -0.39 is 0 Å². The van der Waals surface area contributed by atoms with E-state index in [0.29, 0.717) is 30.3 Å². The Labute approximate surface area is 156 Å². The zero-order valence-electron chi connectivity index (χ0n) is 14.6. The first-order chi connectivity index (χ1) is 13.3. The van der Waals surface area contributed by atoms with Crippen molar-refractivity contribution in [3.8, 4) is 17.4 Å². The van der Waals surface area contributed by atoms with Crippen LogP contribution in [0.25, 0.3) is 0 Å². The number of carbonyl (C=O) groups is 1. The zero-order valence-corrected chi connectivity index (χ0v) is 14.6. The Hall–Kier alpha value is -3.54. The van der Waals surface area contributed by atoms with Crippen molar-refractivity contribution in [2.75, 3.05) is 6.79 Å². The highest BCUT2D eigenvalue weighted by atomic mass is 16.7. The molecule has 0 radical (unpaired) electrons. The lowest BCUT2D eigenvalue weighted by Gasteiger charge is -2.08. The molecule has 0 fully saturated rings. The van der Waals surface area contributed by atoms with Crippen molar-refractivity contribution in [1.29, 1.82) is 0 Å². The number of carbonyl (C=O) groups excluding carboxylic acids is 1. The van der Waals surface area contributed by atoms with E-state index in [-0.39, 0.29) is 12.7 Å². The number of aromatic nitrogens is 1. The van der Waals surface area contributed by atoms with E-state index in [0.717, 1.165) is 16.9 Å². The monoisotopic (exact) mass is 362 g/mol. The molecule has 3 aromatic rings. The largest absolute Gasteiger partial charge is 0.473 e. The van der Waals surface area contributed by atoms with E-state index in [1.807, 2.05) is 48.5 Å². The van der Waals surface area contributed by atoms with E-state index in [9.17, 15) is 4.79 Å². The van der Waals surface area contributed by atoms with Crippen LogP contribution in [0.5, 0.6) is 17.4 Å². The molecule has 1 aliphatic heterocycles.